The van der Waals surface area contributed by atoms with E-state index in [-0.39, 0.29) is 0 Å². The zero-order chi connectivity index (χ0) is 11.3. The molecule has 0 fully saturated rings. The summed E-state index contributed by atoms with van der Waals surface area (Å²) in [6, 6.07) is 0. The molecular weight excluding hydrogens is 200 g/mol. The lowest BCUT2D eigenvalue weighted by molar-refractivity contribution is 1.68. The minimum absolute atomic E-state index is 0.964. The highest BCUT2D eigenvalue weighted by Crippen LogP contribution is 2.31. The maximum atomic E-state index is 5.53. The zero-order valence-electron chi connectivity index (χ0n) is 9.08. The van der Waals surface area contributed by atoms with Crippen molar-refractivity contribution < 1.29 is 0 Å². The van der Waals surface area contributed by atoms with E-state index < -0.39 is 0 Å². The van der Waals surface area contributed by atoms with E-state index in [4.69, 9.17) is 6.42 Å². The van der Waals surface area contributed by atoms with Crippen LogP contribution in [-0.2, 0) is 0 Å². The topological polar surface area (TPSA) is 0 Å². The van der Waals surface area contributed by atoms with Crippen LogP contribution in [0, 0.1) is 12.3 Å². The number of thiophene rings is 1. The van der Waals surface area contributed by atoms with E-state index in [1.807, 2.05) is 44.2 Å². The molecule has 0 radical (unpaired) electrons. The highest BCUT2D eigenvalue weighted by Gasteiger charge is 2.10. The fraction of sp³-hybridized carbons (Fsp3) is 0.143. The lowest BCUT2D eigenvalue weighted by atomic mass is 10.1. The highest BCUT2D eigenvalue weighted by molar-refractivity contribution is 7.14. The van der Waals surface area contributed by atoms with Gasteiger partial charge in [0.25, 0.3) is 0 Å². The Morgan fingerprint density at radius 2 is 1.87 bits per heavy atom. The van der Waals surface area contributed by atoms with Crippen LogP contribution in [0.5, 0.6) is 0 Å². The maximum absolute atomic E-state index is 5.53. The molecule has 0 aromatic carbocycles. The molecule has 0 aliphatic heterocycles. The van der Waals surface area contributed by atoms with Gasteiger partial charge in [0, 0.05) is 15.3 Å². The molecule has 0 aliphatic rings. The first-order valence-corrected chi connectivity index (χ1v) is 5.61. The van der Waals surface area contributed by atoms with Gasteiger partial charge < -0.3 is 0 Å². The SMILES string of the molecule is C#Cc1c(/C=C\C)sc(C=C)c1/C=C\C. The lowest BCUT2D eigenvalue weighted by Crippen LogP contribution is -1.78. The average molecular weight is 214 g/mol. The van der Waals surface area contributed by atoms with Gasteiger partial charge in [-0.25, -0.2) is 0 Å². The summed E-state index contributed by atoms with van der Waals surface area (Å²) < 4.78 is 0. The van der Waals surface area contributed by atoms with Crippen LogP contribution < -0.4 is 0 Å². The second kappa shape index (κ2) is 5.38. The second-order valence-corrected chi connectivity index (χ2v) is 4.05. The molecular formula is C14H14S. The number of rotatable bonds is 3. The molecule has 0 bridgehead atoms. The summed E-state index contributed by atoms with van der Waals surface area (Å²) >= 11 is 1.68. The predicted molar refractivity (Wildman–Crippen MR) is 71.8 cm³/mol. The van der Waals surface area contributed by atoms with Crippen LogP contribution in [0.3, 0.4) is 0 Å². The van der Waals surface area contributed by atoms with E-state index in [0.29, 0.717) is 0 Å². The van der Waals surface area contributed by atoms with Crippen molar-refractivity contribution in [2.75, 3.05) is 0 Å². The van der Waals surface area contributed by atoms with Gasteiger partial charge in [-0.1, -0.05) is 36.8 Å². The van der Waals surface area contributed by atoms with Gasteiger partial charge in [0.1, 0.15) is 0 Å². The normalized spacial score (nSPS) is 11.0. The fourth-order valence-corrected chi connectivity index (χ4v) is 2.46. The number of hydrogen-bond acceptors (Lipinski definition) is 1. The zero-order valence-corrected chi connectivity index (χ0v) is 9.90. The molecule has 15 heavy (non-hydrogen) atoms. The molecule has 1 aromatic heterocycles. The van der Waals surface area contributed by atoms with Gasteiger partial charge >= 0.3 is 0 Å². The Labute approximate surface area is 95.7 Å². The van der Waals surface area contributed by atoms with Gasteiger partial charge in [-0.05, 0) is 19.9 Å². The Hall–Kier alpha value is -1.52. The molecule has 0 N–H and O–H groups in total. The quantitative estimate of drug-likeness (QED) is 0.653. The van der Waals surface area contributed by atoms with Gasteiger partial charge in [0.05, 0.1) is 5.56 Å². The molecule has 0 atom stereocenters. The van der Waals surface area contributed by atoms with Crippen LogP contribution in [0.4, 0.5) is 0 Å². The van der Waals surface area contributed by atoms with Gasteiger partial charge in [-0.15, -0.1) is 17.8 Å². The molecule has 0 amide bonds. The number of terminal acetylenes is 1. The molecule has 0 unspecified atom stereocenters. The van der Waals surface area contributed by atoms with Crippen LogP contribution in [0.15, 0.2) is 18.7 Å². The Bertz CT molecular complexity index is 450. The molecule has 0 aliphatic carbocycles. The molecule has 1 heterocycles. The summed E-state index contributed by atoms with van der Waals surface area (Å²) in [5.41, 5.74) is 2.07. The summed E-state index contributed by atoms with van der Waals surface area (Å²) in [7, 11) is 0. The third-order valence-corrected chi connectivity index (χ3v) is 3.15. The van der Waals surface area contributed by atoms with Crippen LogP contribution in [0.1, 0.15) is 34.7 Å². The predicted octanol–water partition coefficient (Wildman–Crippen LogP) is 4.44. The van der Waals surface area contributed by atoms with Crippen molar-refractivity contribution in [1.82, 2.24) is 0 Å². The molecule has 1 rings (SSSR count). The molecule has 76 valence electrons. The van der Waals surface area contributed by atoms with E-state index in [2.05, 4.69) is 12.5 Å². The third-order valence-electron chi connectivity index (χ3n) is 1.98. The van der Waals surface area contributed by atoms with Crippen molar-refractivity contribution in [2.45, 2.75) is 13.8 Å². The first-order valence-electron chi connectivity index (χ1n) is 4.79. The Kier molecular flexibility index (Phi) is 4.15. The molecule has 0 spiro atoms. The summed E-state index contributed by atoms with van der Waals surface area (Å²) in [4.78, 5) is 2.26. The molecule has 0 nitrogen and oxygen atoms in total. The largest absolute Gasteiger partial charge is 0.135 e. The average Bonchev–Trinajstić information content (AvgIpc) is 2.57. The molecule has 1 aromatic rings. The van der Waals surface area contributed by atoms with E-state index in [1.54, 1.807) is 11.3 Å². The van der Waals surface area contributed by atoms with Crippen LogP contribution in [0.2, 0.25) is 0 Å². The van der Waals surface area contributed by atoms with Gasteiger partial charge in [0.15, 0.2) is 0 Å². The minimum Gasteiger partial charge on any atom is -0.135 e. The van der Waals surface area contributed by atoms with Crippen LogP contribution in [0.25, 0.3) is 18.2 Å². The Morgan fingerprint density at radius 3 is 2.33 bits per heavy atom. The van der Waals surface area contributed by atoms with Crippen molar-refractivity contribution in [3.8, 4) is 12.3 Å². The van der Waals surface area contributed by atoms with E-state index in [0.717, 1.165) is 20.9 Å². The third kappa shape index (κ3) is 2.29. The Morgan fingerprint density at radius 1 is 1.20 bits per heavy atom. The van der Waals surface area contributed by atoms with Crippen molar-refractivity contribution in [1.29, 1.82) is 0 Å². The van der Waals surface area contributed by atoms with E-state index >= 15 is 0 Å². The summed E-state index contributed by atoms with van der Waals surface area (Å²) in [5.74, 6) is 2.75. The monoisotopic (exact) mass is 214 g/mol. The second-order valence-electron chi connectivity index (χ2n) is 2.97. The summed E-state index contributed by atoms with van der Waals surface area (Å²) in [6.07, 6.45) is 15.5. The van der Waals surface area contributed by atoms with Crippen molar-refractivity contribution in [3.05, 3.63) is 39.6 Å². The van der Waals surface area contributed by atoms with Crippen LogP contribution >= 0.6 is 11.3 Å². The van der Waals surface area contributed by atoms with Gasteiger partial charge in [-0.2, -0.15) is 0 Å². The van der Waals surface area contributed by atoms with Crippen molar-refractivity contribution in [2.24, 2.45) is 0 Å². The summed E-state index contributed by atoms with van der Waals surface area (Å²) in [5, 5.41) is 0. The standard InChI is InChI=1S/C14H14S/c1-5-9-12-11(7-3)14(10-6-2)15-13(12)8-4/h3,5-6,8-10H,4H2,1-2H3/b9-5-,10-6-. The smallest absolute Gasteiger partial charge is 0.0501 e. The van der Waals surface area contributed by atoms with Gasteiger partial charge in [0.2, 0.25) is 0 Å². The van der Waals surface area contributed by atoms with Crippen molar-refractivity contribution >= 4 is 29.6 Å². The Balaban J connectivity index is 3.46. The minimum atomic E-state index is 0.964. The van der Waals surface area contributed by atoms with E-state index in [1.165, 1.54) is 0 Å². The molecule has 0 saturated carbocycles. The highest BCUT2D eigenvalue weighted by atomic mass is 32.1. The lowest BCUT2D eigenvalue weighted by Gasteiger charge is -1.93. The first-order chi connectivity index (χ1) is 7.28. The molecule has 1 heteroatoms. The van der Waals surface area contributed by atoms with Gasteiger partial charge in [-0.3, -0.25) is 0 Å². The van der Waals surface area contributed by atoms with Crippen molar-refractivity contribution in [3.63, 3.8) is 0 Å². The van der Waals surface area contributed by atoms with E-state index in [9.17, 15) is 0 Å². The number of allylic oxidation sites excluding steroid dienone is 2. The summed E-state index contributed by atoms with van der Waals surface area (Å²) in [6.45, 7) is 7.78. The fourth-order valence-electron chi connectivity index (χ4n) is 1.38. The maximum Gasteiger partial charge on any atom is 0.0501 e. The first kappa shape index (κ1) is 11.6. The number of hydrogen-bond donors (Lipinski definition) is 0. The molecule has 0 saturated heterocycles. The van der Waals surface area contributed by atoms with Crippen LogP contribution in [-0.4, -0.2) is 0 Å².